The van der Waals surface area contributed by atoms with Crippen molar-refractivity contribution < 1.29 is 19.4 Å². The number of hydrogen-bond donors (Lipinski definition) is 2. The van der Waals surface area contributed by atoms with Crippen LogP contribution < -0.4 is 10.1 Å². The number of aliphatic carboxylic acids is 1. The summed E-state index contributed by atoms with van der Waals surface area (Å²) < 4.78 is 7.52. The van der Waals surface area contributed by atoms with E-state index in [1.807, 2.05) is 83.4 Å². The first-order valence-corrected chi connectivity index (χ1v) is 11.2. The predicted molar refractivity (Wildman–Crippen MR) is 135 cm³/mol. The van der Waals surface area contributed by atoms with Crippen molar-refractivity contribution in [3.8, 4) is 5.75 Å². The first kappa shape index (κ1) is 22.2. The van der Waals surface area contributed by atoms with E-state index in [1.165, 1.54) is 0 Å². The van der Waals surface area contributed by atoms with Gasteiger partial charge in [-0.15, -0.1) is 0 Å². The number of carboxylic acid groups (broad SMARTS) is 1. The average Bonchev–Trinajstić information content (AvgIpc) is 3.29. The summed E-state index contributed by atoms with van der Waals surface area (Å²) in [6, 6.07) is 28.1. The van der Waals surface area contributed by atoms with Gasteiger partial charge < -0.3 is 19.7 Å². The molecule has 0 saturated carbocycles. The topological polar surface area (TPSA) is 93.5 Å². The molecule has 7 nitrogen and oxygen atoms in total. The maximum Gasteiger partial charge on any atom is 0.305 e. The molecule has 1 atom stereocenters. The largest absolute Gasteiger partial charge is 0.484 e. The molecule has 4 aromatic carbocycles. The summed E-state index contributed by atoms with van der Waals surface area (Å²) in [6.07, 6.45) is 1.57. The minimum absolute atomic E-state index is 0.0694. The number of carbonyl (C=O) groups excluding carboxylic acids is 1. The summed E-state index contributed by atoms with van der Waals surface area (Å²) in [7, 11) is 0. The third-order valence-electron chi connectivity index (χ3n) is 5.84. The summed E-state index contributed by atoms with van der Waals surface area (Å²) in [5, 5.41) is 14.4. The number of benzene rings is 4. The highest BCUT2D eigenvalue weighted by Crippen LogP contribution is 2.28. The Hall–Kier alpha value is -4.65. The number of rotatable bonds is 8. The van der Waals surface area contributed by atoms with E-state index in [2.05, 4.69) is 10.3 Å². The first-order chi connectivity index (χ1) is 17.1. The van der Waals surface area contributed by atoms with Gasteiger partial charge in [-0.3, -0.25) is 9.59 Å². The molecule has 0 radical (unpaired) electrons. The van der Waals surface area contributed by atoms with Gasteiger partial charge in [-0.2, -0.15) is 0 Å². The second kappa shape index (κ2) is 9.69. The van der Waals surface area contributed by atoms with Gasteiger partial charge in [0.15, 0.2) is 6.61 Å². The van der Waals surface area contributed by atoms with Crippen LogP contribution in [0, 0.1) is 0 Å². The Kier molecular flexibility index (Phi) is 6.13. The van der Waals surface area contributed by atoms with Gasteiger partial charge in [-0.25, -0.2) is 4.98 Å². The van der Waals surface area contributed by atoms with Crippen LogP contribution in [0.5, 0.6) is 5.75 Å². The first-order valence-electron chi connectivity index (χ1n) is 11.2. The summed E-state index contributed by atoms with van der Waals surface area (Å²) in [4.78, 5) is 28.5. The molecule has 0 saturated heterocycles. The van der Waals surface area contributed by atoms with Gasteiger partial charge in [-0.05, 0) is 46.7 Å². The Morgan fingerprint density at radius 1 is 0.914 bits per heavy atom. The maximum absolute atomic E-state index is 12.5. The van der Waals surface area contributed by atoms with E-state index in [1.54, 1.807) is 18.5 Å². The van der Waals surface area contributed by atoms with Crippen molar-refractivity contribution in [1.29, 1.82) is 0 Å². The highest BCUT2D eigenvalue weighted by Gasteiger charge is 2.20. The van der Waals surface area contributed by atoms with E-state index in [0.717, 1.165) is 21.9 Å². The van der Waals surface area contributed by atoms with Crippen LogP contribution in [0.2, 0.25) is 0 Å². The molecule has 0 fully saturated rings. The van der Waals surface area contributed by atoms with Crippen molar-refractivity contribution in [2.24, 2.45) is 0 Å². The molecule has 35 heavy (non-hydrogen) atoms. The van der Waals surface area contributed by atoms with Crippen molar-refractivity contribution in [2.75, 3.05) is 11.9 Å². The lowest BCUT2D eigenvalue weighted by Gasteiger charge is -2.18. The molecule has 0 bridgehead atoms. The van der Waals surface area contributed by atoms with Gasteiger partial charge in [0, 0.05) is 5.69 Å². The molecule has 1 unspecified atom stereocenters. The molecule has 0 aliphatic heterocycles. The Morgan fingerprint density at radius 3 is 2.49 bits per heavy atom. The van der Waals surface area contributed by atoms with Crippen LogP contribution >= 0.6 is 0 Å². The minimum Gasteiger partial charge on any atom is -0.484 e. The second-order valence-electron chi connectivity index (χ2n) is 8.23. The van der Waals surface area contributed by atoms with Gasteiger partial charge in [0.25, 0.3) is 5.91 Å². The van der Waals surface area contributed by atoms with E-state index in [4.69, 9.17) is 4.74 Å². The number of amides is 1. The Labute approximate surface area is 201 Å². The van der Waals surface area contributed by atoms with Gasteiger partial charge in [0.1, 0.15) is 5.75 Å². The number of hydrogen-bond acceptors (Lipinski definition) is 4. The number of ether oxygens (including phenoxy) is 1. The lowest BCUT2D eigenvalue weighted by Crippen LogP contribution is -2.20. The molecule has 5 rings (SSSR count). The predicted octanol–water partition coefficient (Wildman–Crippen LogP) is 5.27. The number of anilines is 1. The number of carbonyl (C=O) groups is 2. The molecular formula is C28H23N3O4. The van der Waals surface area contributed by atoms with Crippen LogP contribution in [0.4, 0.5) is 5.69 Å². The zero-order valence-corrected chi connectivity index (χ0v) is 18.8. The van der Waals surface area contributed by atoms with Crippen LogP contribution in [0.1, 0.15) is 18.0 Å². The average molecular weight is 466 g/mol. The molecule has 5 aromatic rings. The van der Waals surface area contributed by atoms with Crippen molar-refractivity contribution in [1.82, 2.24) is 9.55 Å². The third kappa shape index (κ3) is 4.99. The van der Waals surface area contributed by atoms with E-state index in [-0.39, 0.29) is 18.9 Å². The Balaban J connectivity index is 1.30. The Bertz CT molecular complexity index is 1510. The minimum atomic E-state index is -0.893. The molecule has 174 valence electrons. The van der Waals surface area contributed by atoms with Gasteiger partial charge in [-0.1, -0.05) is 60.7 Å². The molecule has 0 aliphatic rings. The molecule has 2 N–H and O–H groups in total. The SMILES string of the molecule is O=C(O)CC(c1ccccc1)n1cnc2cc(NC(=O)COc3ccc4ccccc4c3)ccc21. The van der Waals surface area contributed by atoms with Gasteiger partial charge in [0.05, 0.1) is 29.8 Å². The summed E-state index contributed by atoms with van der Waals surface area (Å²) in [6.45, 7) is -0.125. The molecule has 7 heteroatoms. The maximum atomic E-state index is 12.5. The van der Waals surface area contributed by atoms with Gasteiger partial charge >= 0.3 is 5.97 Å². The normalized spacial score (nSPS) is 11.9. The lowest BCUT2D eigenvalue weighted by molar-refractivity contribution is -0.137. The fourth-order valence-electron chi connectivity index (χ4n) is 4.18. The molecule has 1 heterocycles. The third-order valence-corrected chi connectivity index (χ3v) is 5.84. The quantitative estimate of drug-likeness (QED) is 0.326. The van der Waals surface area contributed by atoms with Crippen molar-refractivity contribution in [2.45, 2.75) is 12.5 Å². The fourth-order valence-corrected chi connectivity index (χ4v) is 4.18. The Morgan fingerprint density at radius 2 is 1.69 bits per heavy atom. The summed E-state index contributed by atoms with van der Waals surface area (Å²) >= 11 is 0. The zero-order chi connectivity index (χ0) is 24.2. The highest BCUT2D eigenvalue weighted by atomic mass is 16.5. The lowest BCUT2D eigenvalue weighted by atomic mass is 10.0. The van der Waals surface area contributed by atoms with Crippen LogP contribution in [-0.4, -0.2) is 33.1 Å². The van der Waals surface area contributed by atoms with Crippen molar-refractivity contribution in [3.63, 3.8) is 0 Å². The van der Waals surface area contributed by atoms with E-state index < -0.39 is 12.0 Å². The second-order valence-corrected chi connectivity index (χ2v) is 8.23. The number of aromatic nitrogens is 2. The van der Waals surface area contributed by atoms with E-state index >= 15 is 0 Å². The zero-order valence-electron chi connectivity index (χ0n) is 18.8. The van der Waals surface area contributed by atoms with Crippen molar-refractivity contribution in [3.05, 3.63) is 103 Å². The van der Waals surface area contributed by atoms with Gasteiger partial charge in [0.2, 0.25) is 0 Å². The molecule has 0 aliphatic carbocycles. The number of nitrogens with zero attached hydrogens (tertiary/aromatic N) is 2. The van der Waals surface area contributed by atoms with Crippen LogP contribution in [0.3, 0.4) is 0 Å². The summed E-state index contributed by atoms with van der Waals surface area (Å²) in [5.41, 5.74) is 2.91. The molecule has 1 amide bonds. The summed E-state index contributed by atoms with van der Waals surface area (Å²) in [5.74, 6) is -0.556. The van der Waals surface area contributed by atoms with Crippen LogP contribution in [-0.2, 0) is 9.59 Å². The highest BCUT2D eigenvalue weighted by molar-refractivity contribution is 5.94. The van der Waals surface area contributed by atoms with Crippen LogP contribution in [0.25, 0.3) is 21.8 Å². The number of fused-ring (bicyclic) bond motifs is 2. The molecule has 0 spiro atoms. The number of nitrogens with one attached hydrogen (secondary N) is 1. The monoisotopic (exact) mass is 465 g/mol. The van der Waals surface area contributed by atoms with Crippen molar-refractivity contribution >= 4 is 39.4 Å². The van der Waals surface area contributed by atoms with E-state index in [0.29, 0.717) is 17.0 Å². The number of imidazole rings is 1. The van der Waals surface area contributed by atoms with E-state index in [9.17, 15) is 14.7 Å². The smallest absolute Gasteiger partial charge is 0.305 e. The molecule has 1 aromatic heterocycles. The standard InChI is InChI=1S/C28H23N3O4/c32-27(17-35-23-12-10-19-6-4-5-9-21(19)14-23)30-22-11-13-25-24(15-22)29-18-31(25)26(16-28(33)34)20-7-2-1-3-8-20/h1-15,18,26H,16-17H2,(H,30,32)(H,33,34). The number of carboxylic acids is 1. The fraction of sp³-hybridized carbons (Fsp3) is 0.107. The van der Waals surface area contributed by atoms with Crippen LogP contribution in [0.15, 0.2) is 97.3 Å². The molecular weight excluding hydrogens is 442 g/mol.